The van der Waals surface area contributed by atoms with Crippen LogP contribution in [0.4, 0.5) is 32.0 Å². The molecule has 0 fully saturated rings. The lowest BCUT2D eigenvalue weighted by Gasteiger charge is -2.15. The highest BCUT2D eigenvalue weighted by Crippen LogP contribution is 2.38. The lowest BCUT2D eigenvalue weighted by Crippen LogP contribution is -2.17. The van der Waals surface area contributed by atoms with Gasteiger partial charge in [0.25, 0.3) is 5.91 Å². The van der Waals surface area contributed by atoms with E-state index in [1.165, 1.54) is 19.2 Å². The summed E-state index contributed by atoms with van der Waals surface area (Å²) >= 11 is 0. The summed E-state index contributed by atoms with van der Waals surface area (Å²) in [6, 6.07) is 5.31. The van der Waals surface area contributed by atoms with Crippen LogP contribution in [-0.4, -0.2) is 18.2 Å². The van der Waals surface area contributed by atoms with Crippen molar-refractivity contribution in [3.8, 4) is 17.1 Å². The second-order valence-corrected chi connectivity index (χ2v) is 7.45. The molecule has 5 nitrogen and oxygen atoms in total. The average molecular weight is 470 g/mol. The topological polar surface area (TPSA) is 64.4 Å². The van der Waals surface area contributed by atoms with Crippen LogP contribution < -0.4 is 10.1 Å². The minimum absolute atomic E-state index is 0.0392. The molecule has 1 N–H and O–H groups in total. The third-order valence-corrected chi connectivity index (χ3v) is 5.27. The van der Waals surface area contributed by atoms with Gasteiger partial charge in [0.05, 0.1) is 29.6 Å². The van der Waals surface area contributed by atoms with E-state index in [2.05, 4.69) is 10.5 Å². The molecule has 0 aliphatic heterocycles. The van der Waals surface area contributed by atoms with Gasteiger partial charge in [-0.1, -0.05) is 5.16 Å². The van der Waals surface area contributed by atoms with Crippen molar-refractivity contribution in [2.24, 2.45) is 0 Å². The molecular weight excluding hydrogens is 454 g/mol. The third-order valence-electron chi connectivity index (χ3n) is 5.27. The lowest BCUT2D eigenvalue weighted by molar-refractivity contribution is -0.143. The van der Waals surface area contributed by atoms with Crippen LogP contribution >= 0.6 is 0 Å². The van der Waals surface area contributed by atoms with Crippen molar-refractivity contribution < 1.29 is 40.4 Å². The molecule has 1 amide bonds. The Hall–Kier alpha value is -3.50. The first-order valence-corrected chi connectivity index (χ1v) is 9.74. The maximum atomic E-state index is 13.1. The fourth-order valence-corrected chi connectivity index (χ4v) is 3.68. The van der Waals surface area contributed by atoms with E-state index in [9.17, 15) is 31.1 Å². The summed E-state index contributed by atoms with van der Waals surface area (Å²) in [6.07, 6.45) is -7.69. The molecule has 11 heteroatoms. The van der Waals surface area contributed by atoms with E-state index in [-0.39, 0.29) is 17.5 Å². The summed E-state index contributed by atoms with van der Waals surface area (Å²) < 4.78 is 89.3. The summed E-state index contributed by atoms with van der Waals surface area (Å²) in [7, 11) is 1.31. The molecule has 2 aromatic carbocycles. The fourth-order valence-electron chi connectivity index (χ4n) is 3.68. The number of carbonyl (C=O) groups is 1. The number of halogens is 6. The summed E-state index contributed by atoms with van der Waals surface area (Å²) in [5, 5.41) is 6.36. The van der Waals surface area contributed by atoms with E-state index in [0.717, 1.165) is 30.5 Å². The Bertz CT molecular complexity index is 1180. The maximum absolute atomic E-state index is 13.1. The molecule has 1 heterocycles. The summed E-state index contributed by atoms with van der Waals surface area (Å²) in [6.45, 7) is 0. The Labute approximate surface area is 183 Å². The predicted molar refractivity (Wildman–Crippen MR) is 105 cm³/mol. The first-order chi connectivity index (χ1) is 15.5. The number of hydrogen-bond acceptors (Lipinski definition) is 4. The molecular formula is C22H16F6N2O3. The number of hydrogen-bond donors (Lipinski definition) is 1. The molecule has 0 saturated heterocycles. The van der Waals surface area contributed by atoms with Crippen molar-refractivity contribution in [3.63, 3.8) is 0 Å². The highest BCUT2D eigenvalue weighted by Gasteiger charge is 2.37. The maximum Gasteiger partial charge on any atom is 0.416 e. The highest BCUT2D eigenvalue weighted by atomic mass is 19.4. The molecule has 0 saturated carbocycles. The number of rotatable bonds is 4. The smallest absolute Gasteiger partial charge is 0.416 e. The zero-order valence-corrected chi connectivity index (χ0v) is 17.0. The number of amides is 1. The first-order valence-electron chi connectivity index (χ1n) is 9.74. The van der Waals surface area contributed by atoms with Gasteiger partial charge in [0.15, 0.2) is 5.76 Å². The van der Waals surface area contributed by atoms with Crippen LogP contribution in [-0.2, 0) is 25.2 Å². The number of nitrogens with zero attached hydrogens (tertiary/aromatic N) is 1. The molecule has 174 valence electrons. The number of nitrogens with one attached hydrogen (secondary N) is 1. The molecule has 0 bridgehead atoms. The Morgan fingerprint density at radius 1 is 1.00 bits per heavy atom. The average Bonchev–Trinajstić information content (AvgIpc) is 3.36. The van der Waals surface area contributed by atoms with Gasteiger partial charge in [0, 0.05) is 16.7 Å². The number of anilines is 1. The third kappa shape index (κ3) is 4.53. The lowest BCUT2D eigenvalue weighted by atomic mass is 10.0. The van der Waals surface area contributed by atoms with Crippen molar-refractivity contribution in [1.82, 2.24) is 5.16 Å². The van der Waals surface area contributed by atoms with E-state index in [0.29, 0.717) is 23.5 Å². The Morgan fingerprint density at radius 2 is 1.67 bits per heavy atom. The molecule has 0 atom stereocenters. The van der Waals surface area contributed by atoms with Crippen molar-refractivity contribution in [2.75, 3.05) is 12.4 Å². The normalized spacial score (nSPS) is 13.7. The van der Waals surface area contributed by atoms with Gasteiger partial charge in [0.2, 0.25) is 0 Å². The van der Waals surface area contributed by atoms with E-state index in [1.807, 2.05) is 0 Å². The van der Waals surface area contributed by atoms with Gasteiger partial charge in [0.1, 0.15) is 5.75 Å². The molecule has 0 radical (unpaired) electrons. The highest BCUT2D eigenvalue weighted by molar-refractivity contribution is 6.05. The number of ether oxygens (including phenoxy) is 1. The monoisotopic (exact) mass is 470 g/mol. The zero-order valence-electron chi connectivity index (χ0n) is 17.0. The van der Waals surface area contributed by atoms with E-state index in [4.69, 9.17) is 9.26 Å². The molecule has 4 rings (SSSR count). The van der Waals surface area contributed by atoms with Crippen molar-refractivity contribution in [3.05, 3.63) is 64.3 Å². The van der Waals surface area contributed by atoms with Gasteiger partial charge in [-0.05, 0) is 55.7 Å². The van der Waals surface area contributed by atoms with Gasteiger partial charge in [-0.25, -0.2) is 0 Å². The molecule has 1 aliphatic rings. The second-order valence-electron chi connectivity index (χ2n) is 7.45. The minimum atomic E-state index is -5.07. The first kappa shape index (κ1) is 22.7. The Balaban J connectivity index is 1.71. The molecule has 0 spiro atoms. The number of alkyl halides is 6. The van der Waals surface area contributed by atoms with E-state index >= 15 is 0 Å². The Kier molecular flexibility index (Phi) is 5.59. The van der Waals surface area contributed by atoms with Crippen LogP contribution in [0.1, 0.15) is 39.2 Å². The number of carbonyl (C=O) groups excluding carboxylic acids is 1. The van der Waals surface area contributed by atoms with Gasteiger partial charge >= 0.3 is 12.4 Å². The standard InChI is InChI=1S/C22H16F6N2O3/c1-32-18-6-5-11(19-15-3-2-4-16(15)30-33-19)9-17(18)29-20(31)12-7-13(21(23,24)25)10-14(8-12)22(26,27)28/h5-10H,2-4H2,1H3,(H,29,31). The zero-order chi connectivity index (χ0) is 24.0. The largest absolute Gasteiger partial charge is 0.495 e. The van der Waals surface area contributed by atoms with E-state index in [1.54, 1.807) is 6.07 Å². The number of benzene rings is 2. The van der Waals surface area contributed by atoms with Gasteiger partial charge in [-0.2, -0.15) is 26.3 Å². The number of fused-ring (bicyclic) bond motifs is 1. The molecule has 1 aromatic heterocycles. The van der Waals surface area contributed by atoms with Crippen molar-refractivity contribution in [1.29, 1.82) is 0 Å². The molecule has 3 aromatic rings. The number of methoxy groups -OCH3 is 1. The summed E-state index contributed by atoms with van der Waals surface area (Å²) in [5.41, 5.74) is -1.64. The fraction of sp³-hybridized carbons (Fsp3) is 0.273. The molecule has 1 aliphatic carbocycles. The second kappa shape index (κ2) is 8.13. The van der Waals surface area contributed by atoms with Crippen LogP contribution in [0.5, 0.6) is 5.75 Å². The van der Waals surface area contributed by atoms with Crippen molar-refractivity contribution in [2.45, 2.75) is 31.6 Å². The number of aryl methyl sites for hydroxylation is 1. The summed E-state index contributed by atoms with van der Waals surface area (Å²) in [5.74, 6) is -0.518. The SMILES string of the molecule is COc1ccc(-c2onc3c2CCC3)cc1NC(=O)c1cc(C(F)(F)F)cc(C(F)(F)F)c1. The van der Waals surface area contributed by atoms with Gasteiger partial charge < -0.3 is 14.6 Å². The van der Waals surface area contributed by atoms with Crippen LogP contribution in [0.2, 0.25) is 0 Å². The quantitative estimate of drug-likeness (QED) is 0.466. The van der Waals surface area contributed by atoms with Crippen LogP contribution in [0, 0.1) is 0 Å². The molecule has 33 heavy (non-hydrogen) atoms. The Morgan fingerprint density at radius 3 is 2.27 bits per heavy atom. The van der Waals surface area contributed by atoms with Gasteiger partial charge in [-0.3, -0.25) is 4.79 Å². The van der Waals surface area contributed by atoms with Crippen LogP contribution in [0.3, 0.4) is 0 Å². The van der Waals surface area contributed by atoms with Crippen LogP contribution in [0.25, 0.3) is 11.3 Å². The van der Waals surface area contributed by atoms with E-state index < -0.39 is 35.0 Å². The number of aromatic nitrogens is 1. The minimum Gasteiger partial charge on any atom is -0.495 e. The predicted octanol–water partition coefficient (Wildman–Crippen LogP) is 6.13. The van der Waals surface area contributed by atoms with Crippen LogP contribution in [0.15, 0.2) is 40.9 Å². The van der Waals surface area contributed by atoms with Crippen molar-refractivity contribution >= 4 is 11.6 Å². The summed E-state index contributed by atoms with van der Waals surface area (Å²) in [4.78, 5) is 12.7. The van der Waals surface area contributed by atoms with Gasteiger partial charge in [-0.15, -0.1) is 0 Å². The molecule has 0 unspecified atom stereocenters.